The van der Waals surface area contributed by atoms with Gasteiger partial charge >= 0.3 is 0 Å². The monoisotopic (exact) mass is 232 g/mol. The molecule has 1 heterocycles. The first kappa shape index (κ1) is 11.6. The van der Waals surface area contributed by atoms with E-state index in [2.05, 4.69) is 0 Å². The average molecular weight is 232 g/mol. The number of carbonyl (C=O) groups excluding carboxylic acids is 2. The number of benzene rings is 1. The van der Waals surface area contributed by atoms with E-state index in [9.17, 15) is 9.59 Å². The van der Waals surface area contributed by atoms with Crippen LogP contribution in [0.1, 0.15) is 17.3 Å². The second kappa shape index (κ2) is 4.99. The topological polar surface area (TPSA) is 40.6 Å². The number of amides is 2. The fourth-order valence-electron chi connectivity index (χ4n) is 1.99. The van der Waals surface area contributed by atoms with E-state index in [1.165, 1.54) is 0 Å². The van der Waals surface area contributed by atoms with Crippen molar-refractivity contribution in [3.8, 4) is 0 Å². The van der Waals surface area contributed by atoms with Crippen LogP contribution < -0.4 is 0 Å². The third kappa shape index (κ3) is 2.64. The van der Waals surface area contributed by atoms with Gasteiger partial charge in [-0.05, 0) is 12.1 Å². The Kier molecular flexibility index (Phi) is 3.42. The van der Waals surface area contributed by atoms with Crippen LogP contribution in [0.25, 0.3) is 0 Å². The highest BCUT2D eigenvalue weighted by molar-refractivity contribution is 5.94. The van der Waals surface area contributed by atoms with Crippen LogP contribution in [0.2, 0.25) is 0 Å². The minimum Gasteiger partial charge on any atom is -0.339 e. The smallest absolute Gasteiger partial charge is 0.253 e. The zero-order chi connectivity index (χ0) is 12.3. The Hall–Kier alpha value is -1.84. The van der Waals surface area contributed by atoms with E-state index in [4.69, 9.17) is 0 Å². The molecule has 4 nitrogen and oxygen atoms in total. The molecule has 0 saturated carbocycles. The first-order chi connectivity index (χ1) is 8.18. The zero-order valence-electron chi connectivity index (χ0n) is 9.93. The summed E-state index contributed by atoms with van der Waals surface area (Å²) in [6.45, 7) is 4.07. The van der Waals surface area contributed by atoms with Crippen molar-refractivity contribution >= 4 is 11.8 Å². The number of piperazine rings is 1. The predicted molar refractivity (Wildman–Crippen MR) is 64.6 cm³/mol. The minimum absolute atomic E-state index is 0.0498. The Bertz CT molecular complexity index is 409. The lowest BCUT2D eigenvalue weighted by molar-refractivity contribution is -0.130. The summed E-state index contributed by atoms with van der Waals surface area (Å²) >= 11 is 0. The molecule has 1 aliphatic rings. The van der Waals surface area contributed by atoms with Crippen LogP contribution >= 0.6 is 0 Å². The van der Waals surface area contributed by atoms with Gasteiger partial charge in [-0.1, -0.05) is 18.2 Å². The maximum atomic E-state index is 12.1. The van der Waals surface area contributed by atoms with Crippen LogP contribution in [0, 0.1) is 0 Å². The van der Waals surface area contributed by atoms with Crippen LogP contribution in [0.4, 0.5) is 0 Å². The third-order valence-corrected chi connectivity index (χ3v) is 3.03. The molecule has 2 amide bonds. The van der Waals surface area contributed by atoms with Gasteiger partial charge in [0.2, 0.25) is 5.91 Å². The van der Waals surface area contributed by atoms with Crippen LogP contribution in [0.15, 0.2) is 30.3 Å². The van der Waals surface area contributed by atoms with Gasteiger partial charge < -0.3 is 9.80 Å². The van der Waals surface area contributed by atoms with Crippen molar-refractivity contribution in [1.29, 1.82) is 0 Å². The van der Waals surface area contributed by atoms with Crippen molar-refractivity contribution in [2.75, 3.05) is 26.2 Å². The molecule has 0 N–H and O–H groups in total. The molecule has 17 heavy (non-hydrogen) atoms. The molecule has 0 bridgehead atoms. The number of hydrogen-bond acceptors (Lipinski definition) is 2. The normalized spacial score (nSPS) is 15.8. The first-order valence-corrected chi connectivity index (χ1v) is 5.78. The molecule has 2 rings (SSSR count). The molecule has 0 aromatic heterocycles. The van der Waals surface area contributed by atoms with E-state index in [1.807, 2.05) is 30.3 Å². The van der Waals surface area contributed by atoms with Crippen molar-refractivity contribution in [3.63, 3.8) is 0 Å². The quantitative estimate of drug-likeness (QED) is 0.724. The maximum absolute atomic E-state index is 12.1. The Morgan fingerprint density at radius 3 is 2.00 bits per heavy atom. The van der Waals surface area contributed by atoms with Gasteiger partial charge in [-0.25, -0.2) is 0 Å². The van der Waals surface area contributed by atoms with E-state index in [1.54, 1.807) is 16.7 Å². The SMILES string of the molecule is CC(=O)N1CCN(C(=O)c2ccccc2)CC1. The molecule has 0 aliphatic carbocycles. The van der Waals surface area contributed by atoms with Crippen molar-refractivity contribution in [1.82, 2.24) is 9.80 Å². The summed E-state index contributed by atoms with van der Waals surface area (Å²) in [5.74, 6) is 0.130. The minimum atomic E-state index is 0.0498. The van der Waals surface area contributed by atoms with Crippen LogP contribution in [0.3, 0.4) is 0 Å². The second-order valence-corrected chi connectivity index (χ2v) is 4.16. The maximum Gasteiger partial charge on any atom is 0.253 e. The molecule has 0 radical (unpaired) electrons. The third-order valence-electron chi connectivity index (χ3n) is 3.03. The van der Waals surface area contributed by atoms with Crippen molar-refractivity contribution in [2.45, 2.75) is 6.92 Å². The summed E-state index contributed by atoms with van der Waals surface area (Å²) in [5, 5.41) is 0. The molecule has 0 unspecified atom stereocenters. The number of carbonyl (C=O) groups is 2. The lowest BCUT2D eigenvalue weighted by atomic mass is 10.2. The fourth-order valence-corrected chi connectivity index (χ4v) is 1.99. The number of rotatable bonds is 1. The van der Waals surface area contributed by atoms with E-state index in [0.717, 1.165) is 0 Å². The highest BCUT2D eigenvalue weighted by Gasteiger charge is 2.22. The molecule has 1 aromatic rings. The van der Waals surface area contributed by atoms with E-state index >= 15 is 0 Å². The first-order valence-electron chi connectivity index (χ1n) is 5.78. The molecule has 90 valence electrons. The van der Waals surface area contributed by atoms with Crippen molar-refractivity contribution in [3.05, 3.63) is 35.9 Å². The van der Waals surface area contributed by atoms with Gasteiger partial charge in [-0.2, -0.15) is 0 Å². The van der Waals surface area contributed by atoms with E-state index in [-0.39, 0.29) is 11.8 Å². The van der Waals surface area contributed by atoms with Crippen LogP contribution in [-0.2, 0) is 4.79 Å². The van der Waals surface area contributed by atoms with Gasteiger partial charge in [0.05, 0.1) is 0 Å². The second-order valence-electron chi connectivity index (χ2n) is 4.16. The average Bonchev–Trinajstić information content (AvgIpc) is 2.39. The Balaban J connectivity index is 1.98. The Morgan fingerprint density at radius 2 is 1.47 bits per heavy atom. The Morgan fingerprint density at radius 1 is 0.941 bits per heavy atom. The number of nitrogens with zero attached hydrogens (tertiary/aromatic N) is 2. The summed E-state index contributed by atoms with van der Waals surface area (Å²) < 4.78 is 0. The van der Waals surface area contributed by atoms with Gasteiger partial charge in [-0.3, -0.25) is 9.59 Å². The highest BCUT2D eigenvalue weighted by Crippen LogP contribution is 2.08. The summed E-state index contributed by atoms with van der Waals surface area (Å²) in [6.07, 6.45) is 0. The lowest BCUT2D eigenvalue weighted by Gasteiger charge is -2.34. The van der Waals surface area contributed by atoms with Gasteiger partial charge in [0, 0.05) is 38.7 Å². The largest absolute Gasteiger partial charge is 0.339 e. The van der Waals surface area contributed by atoms with Crippen molar-refractivity contribution in [2.24, 2.45) is 0 Å². The summed E-state index contributed by atoms with van der Waals surface area (Å²) in [5.41, 5.74) is 0.712. The van der Waals surface area contributed by atoms with Gasteiger partial charge in [0.1, 0.15) is 0 Å². The summed E-state index contributed by atoms with van der Waals surface area (Å²) in [6, 6.07) is 9.25. The van der Waals surface area contributed by atoms with Gasteiger partial charge in [0.15, 0.2) is 0 Å². The van der Waals surface area contributed by atoms with Crippen LogP contribution in [-0.4, -0.2) is 47.8 Å². The summed E-state index contributed by atoms with van der Waals surface area (Å²) in [7, 11) is 0. The summed E-state index contributed by atoms with van der Waals surface area (Å²) in [4.78, 5) is 26.8. The molecule has 4 heteroatoms. The van der Waals surface area contributed by atoms with E-state index in [0.29, 0.717) is 31.7 Å². The standard InChI is InChI=1S/C13H16N2O2/c1-11(16)14-7-9-15(10-8-14)13(17)12-5-3-2-4-6-12/h2-6H,7-10H2,1H3. The molecule has 1 fully saturated rings. The van der Waals surface area contributed by atoms with Crippen molar-refractivity contribution < 1.29 is 9.59 Å². The molecule has 1 saturated heterocycles. The van der Waals surface area contributed by atoms with E-state index < -0.39 is 0 Å². The molecule has 0 spiro atoms. The Labute approximate surface area is 101 Å². The zero-order valence-corrected chi connectivity index (χ0v) is 9.93. The fraction of sp³-hybridized carbons (Fsp3) is 0.385. The molecular weight excluding hydrogens is 216 g/mol. The molecule has 1 aliphatic heterocycles. The molecular formula is C13H16N2O2. The predicted octanol–water partition coefficient (Wildman–Crippen LogP) is 0.991. The van der Waals surface area contributed by atoms with Gasteiger partial charge in [0.25, 0.3) is 5.91 Å². The van der Waals surface area contributed by atoms with Gasteiger partial charge in [-0.15, -0.1) is 0 Å². The highest BCUT2D eigenvalue weighted by atomic mass is 16.2. The molecule has 1 aromatic carbocycles. The lowest BCUT2D eigenvalue weighted by Crippen LogP contribution is -2.50. The molecule has 0 atom stereocenters. The van der Waals surface area contributed by atoms with Crippen LogP contribution in [0.5, 0.6) is 0 Å². The number of hydrogen-bond donors (Lipinski definition) is 0.